The molecule has 1 aromatic heterocycles. The van der Waals surface area contributed by atoms with E-state index in [9.17, 15) is 19.5 Å². The van der Waals surface area contributed by atoms with Gasteiger partial charge in [0.2, 0.25) is 0 Å². The lowest BCUT2D eigenvalue weighted by Gasteiger charge is -2.23. The van der Waals surface area contributed by atoms with Gasteiger partial charge >= 0.3 is 11.9 Å². The second-order valence-corrected chi connectivity index (χ2v) is 8.98. The summed E-state index contributed by atoms with van der Waals surface area (Å²) in [6.07, 6.45) is 0. The maximum atomic E-state index is 15.0. The molecule has 1 aliphatic heterocycles. The Balaban J connectivity index is 1.93. The summed E-state index contributed by atoms with van der Waals surface area (Å²) < 4.78 is 25.3. The Hall–Kier alpha value is -4.05. The molecular formula is C26H23FN2O6S. The van der Waals surface area contributed by atoms with E-state index < -0.39 is 35.3 Å². The Bertz CT molecular complexity index is 1410. The van der Waals surface area contributed by atoms with Crippen LogP contribution >= 0.6 is 11.3 Å². The number of amides is 1. The molecule has 8 nitrogen and oxygen atoms in total. The van der Waals surface area contributed by atoms with Crippen molar-refractivity contribution in [1.82, 2.24) is 4.98 Å². The molecule has 3 aromatic rings. The van der Waals surface area contributed by atoms with E-state index in [-0.39, 0.29) is 33.3 Å². The highest BCUT2D eigenvalue weighted by molar-refractivity contribution is 7.17. The SMILES string of the molecule is CCOC(=O)c1sc(N2C(=O)C(=O)/C(=C(/O)c3ccc(OC)c(C)c3)[C@@H]2c2ccccc2F)nc1C. The van der Waals surface area contributed by atoms with E-state index >= 15 is 4.39 Å². The summed E-state index contributed by atoms with van der Waals surface area (Å²) >= 11 is 0.856. The van der Waals surface area contributed by atoms with Gasteiger partial charge in [-0.25, -0.2) is 14.2 Å². The Morgan fingerprint density at radius 1 is 1.19 bits per heavy atom. The molecule has 2 heterocycles. The predicted octanol–water partition coefficient (Wildman–Crippen LogP) is 4.71. The highest BCUT2D eigenvalue weighted by Crippen LogP contribution is 2.44. The van der Waals surface area contributed by atoms with Crippen LogP contribution in [0.4, 0.5) is 9.52 Å². The van der Waals surface area contributed by atoms with Crippen molar-refractivity contribution in [3.8, 4) is 5.75 Å². The van der Waals surface area contributed by atoms with Gasteiger partial charge in [0, 0.05) is 11.1 Å². The van der Waals surface area contributed by atoms with E-state index in [0.717, 1.165) is 16.2 Å². The number of ketones is 1. The summed E-state index contributed by atoms with van der Waals surface area (Å²) in [5, 5.41) is 11.2. The van der Waals surface area contributed by atoms with E-state index in [1.165, 1.54) is 25.3 Å². The van der Waals surface area contributed by atoms with Crippen LogP contribution in [0.3, 0.4) is 0 Å². The lowest BCUT2D eigenvalue weighted by Crippen LogP contribution is -2.29. The van der Waals surface area contributed by atoms with Crippen molar-refractivity contribution >= 4 is 39.9 Å². The largest absolute Gasteiger partial charge is 0.507 e. The zero-order valence-electron chi connectivity index (χ0n) is 20.0. The molecule has 186 valence electrons. The third-order valence-electron chi connectivity index (χ3n) is 5.76. The van der Waals surface area contributed by atoms with Crippen LogP contribution in [0.25, 0.3) is 5.76 Å². The smallest absolute Gasteiger partial charge is 0.350 e. The van der Waals surface area contributed by atoms with Gasteiger partial charge in [-0.3, -0.25) is 14.5 Å². The molecule has 0 bridgehead atoms. The van der Waals surface area contributed by atoms with Crippen LogP contribution in [0.15, 0.2) is 48.0 Å². The van der Waals surface area contributed by atoms with Crippen molar-refractivity contribution < 1.29 is 33.4 Å². The number of nitrogens with zero attached hydrogens (tertiary/aromatic N) is 2. The Kier molecular flexibility index (Phi) is 6.89. The van der Waals surface area contributed by atoms with Gasteiger partial charge in [0.25, 0.3) is 5.78 Å². The van der Waals surface area contributed by atoms with Crippen molar-refractivity contribution in [3.05, 3.63) is 81.1 Å². The standard InChI is InChI=1S/C26H23FN2O6S/c1-5-35-25(33)23-14(3)28-26(36-23)29-20(16-8-6-7-9-17(16)27)19(22(31)24(29)32)21(30)15-10-11-18(34-4)13(2)12-15/h6-12,20,30H,5H2,1-4H3/b21-19+/t20-/m0/s1. The zero-order chi connectivity index (χ0) is 26.1. The number of rotatable bonds is 6. The summed E-state index contributed by atoms with van der Waals surface area (Å²) in [6.45, 7) is 5.14. The quantitative estimate of drug-likeness (QED) is 0.222. The van der Waals surface area contributed by atoms with Crippen LogP contribution in [0.5, 0.6) is 5.75 Å². The van der Waals surface area contributed by atoms with Crippen LogP contribution in [-0.4, -0.2) is 41.5 Å². The first-order valence-electron chi connectivity index (χ1n) is 11.0. The van der Waals surface area contributed by atoms with E-state index in [1.807, 2.05) is 0 Å². The van der Waals surface area contributed by atoms with Crippen molar-refractivity contribution in [1.29, 1.82) is 0 Å². The topological polar surface area (TPSA) is 106 Å². The van der Waals surface area contributed by atoms with Crippen LogP contribution in [0, 0.1) is 19.7 Å². The van der Waals surface area contributed by atoms with Gasteiger partial charge in [-0.15, -0.1) is 0 Å². The van der Waals surface area contributed by atoms with Crippen molar-refractivity contribution in [2.75, 3.05) is 18.6 Å². The number of aryl methyl sites for hydroxylation is 2. The number of esters is 1. The molecule has 2 aromatic carbocycles. The lowest BCUT2D eigenvalue weighted by atomic mass is 9.94. The second kappa shape index (κ2) is 9.90. The minimum Gasteiger partial charge on any atom is -0.507 e. The van der Waals surface area contributed by atoms with Gasteiger partial charge < -0.3 is 14.6 Å². The molecule has 1 N–H and O–H groups in total. The minimum atomic E-state index is -1.31. The van der Waals surface area contributed by atoms with Gasteiger partial charge in [-0.2, -0.15) is 0 Å². The summed E-state index contributed by atoms with van der Waals surface area (Å²) in [7, 11) is 1.51. The average Bonchev–Trinajstić information content (AvgIpc) is 3.36. The number of Topliss-reactive ketones (excluding diaryl/α,β-unsaturated/α-hetero) is 1. The number of benzene rings is 2. The van der Waals surface area contributed by atoms with Gasteiger partial charge in [0.05, 0.1) is 25.0 Å². The Morgan fingerprint density at radius 3 is 2.56 bits per heavy atom. The summed E-state index contributed by atoms with van der Waals surface area (Å²) in [6, 6.07) is 9.12. The maximum Gasteiger partial charge on any atom is 0.350 e. The molecule has 36 heavy (non-hydrogen) atoms. The number of hydrogen-bond donors (Lipinski definition) is 1. The van der Waals surface area contributed by atoms with E-state index in [0.29, 0.717) is 17.0 Å². The minimum absolute atomic E-state index is 0.00554. The summed E-state index contributed by atoms with van der Waals surface area (Å²) in [5.74, 6) is -3.19. The fourth-order valence-corrected chi connectivity index (χ4v) is 5.06. The Labute approximate surface area is 210 Å². The fourth-order valence-electron chi connectivity index (χ4n) is 4.07. The van der Waals surface area contributed by atoms with E-state index in [2.05, 4.69) is 4.98 Å². The molecule has 4 rings (SSSR count). The van der Waals surface area contributed by atoms with Crippen molar-refractivity contribution in [2.24, 2.45) is 0 Å². The number of carbonyl (C=O) groups excluding carboxylic acids is 3. The van der Waals surface area contributed by atoms with Crippen LogP contribution < -0.4 is 9.64 Å². The number of methoxy groups -OCH3 is 1. The van der Waals surface area contributed by atoms with Gasteiger partial charge in [-0.1, -0.05) is 29.5 Å². The molecule has 0 spiro atoms. The molecule has 1 amide bonds. The predicted molar refractivity (Wildman–Crippen MR) is 132 cm³/mol. The first kappa shape index (κ1) is 25.1. The molecule has 0 saturated carbocycles. The first-order chi connectivity index (χ1) is 17.2. The summed E-state index contributed by atoms with van der Waals surface area (Å²) in [5.41, 5.74) is 0.950. The van der Waals surface area contributed by atoms with Crippen molar-refractivity contribution in [2.45, 2.75) is 26.8 Å². The fraction of sp³-hybridized carbons (Fsp3) is 0.231. The number of aliphatic hydroxyl groups excluding tert-OH is 1. The van der Waals surface area contributed by atoms with E-state index in [4.69, 9.17) is 9.47 Å². The average molecular weight is 511 g/mol. The van der Waals surface area contributed by atoms with Crippen LogP contribution in [-0.2, 0) is 14.3 Å². The number of aromatic nitrogens is 1. The third-order valence-corrected chi connectivity index (χ3v) is 6.90. The van der Waals surface area contributed by atoms with Gasteiger partial charge in [0.15, 0.2) is 5.13 Å². The zero-order valence-corrected chi connectivity index (χ0v) is 20.8. The number of halogens is 1. The maximum absolute atomic E-state index is 15.0. The van der Waals surface area contributed by atoms with Crippen molar-refractivity contribution in [3.63, 3.8) is 0 Å². The molecule has 0 radical (unpaired) electrons. The molecule has 1 atom stereocenters. The molecule has 1 aliphatic rings. The molecule has 10 heteroatoms. The number of carbonyl (C=O) groups is 3. The molecule has 0 aliphatic carbocycles. The van der Waals surface area contributed by atoms with Crippen LogP contribution in [0.2, 0.25) is 0 Å². The monoisotopic (exact) mass is 510 g/mol. The molecule has 1 saturated heterocycles. The second-order valence-electron chi connectivity index (χ2n) is 8.01. The van der Waals surface area contributed by atoms with Gasteiger partial charge in [0.1, 0.15) is 28.2 Å². The summed E-state index contributed by atoms with van der Waals surface area (Å²) in [4.78, 5) is 44.4. The lowest BCUT2D eigenvalue weighted by molar-refractivity contribution is -0.132. The Morgan fingerprint density at radius 2 is 1.92 bits per heavy atom. The highest BCUT2D eigenvalue weighted by atomic mass is 32.1. The van der Waals surface area contributed by atoms with Gasteiger partial charge in [-0.05, 0) is 50.6 Å². The van der Waals surface area contributed by atoms with Crippen LogP contribution in [0.1, 0.15) is 45.0 Å². The number of thiazole rings is 1. The third kappa shape index (κ3) is 4.24. The first-order valence-corrected chi connectivity index (χ1v) is 11.9. The number of ether oxygens (including phenoxy) is 2. The molecular weight excluding hydrogens is 487 g/mol. The number of hydrogen-bond acceptors (Lipinski definition) is 8. The normalized spacial score (nSPS) is 16.9. The van der Waals surface area contributed by atoms with E-state index in [1.54, 1.807) is 45.0 Å². The highest BCUT2D eigenvalue weighted by Gasteiger charge is 2.49. The number of anilines is 1. The molecule has 0 unspecified atom stereocenters. The molecule has 1 fully saturated rings. The number of aliphatic hydroxyl groups is 1.